The number of carbonyl (C=O) groups is 1. The van der Waals surface area contributed by atoms with Gasteiger partial charge in [-0.1, -0.05) is 12.5 Å². The van der Waals surface area contributed by atoms with Crippen molar-refractivity contribution >= 4 is 11.8 Å². The fourth-order valence-electron chi connectivity index (χ4n) is 3.23. The molecule has 0 atom stereocenters. The van der Waals surface area contributed by atoms with E-state index in [-0.39, 0.29) is 18.4 Å². The van der Waals surface area contributed by atoms with E-state index in [2.05, 4.69) is 9.97 Å². The van der Waals surface area contributed by atoms with Crippen LogP contribution in [0.2, 0.25) is 0 Å². The largest absolute Gasteiger partial charge is 0.476 e. The standard InChI is InChI=1S/C22H28N4O3/c1-14-10-18(26-12-16(14)15-6-7-17(19(23)24)25-11-15)28-13-22(8-5-9-22)20(27)29-21(2,3)4/h6-7,10-12H,5,8-9,13H2,1-4H3,(H3,23,24). The van der Waals surface area contributed by atoms with Crippen LogP contribution in [0.15, 0.2) is 30.6 Å². The van der Waals surface area contributed by atoms with Crippen molar-refractivity contribution in [3.8, 4) is 17.0 Å². The second-order valence-electron chi connectivity index (χ2n) is 8.61. The Balaban J connectivity index is 1.70. The van der Waals surface area contributed by atoms with Crippen molar-refractivity contribution in [2.75, 3.05) is 6.61 Å². The lowest BCUT2D eigenvalue weighted by Gasteiger charge is -2.40. The zero-order chi connectivity index (χ0) is 21.2. The number of nitrogens with one attached hydrogen (secondary N) is 1. The lowest BCUT2D eigenvalue weighted by atomic mass is 9.69. The Morgan fingerprint density at radius 1 is 1.24 bits per heavy atom. The first-order chi connectivity index (χ1) is 13.6. The Bertz CT molecular complexity index is 913. The fourth-order valence-corrected chi connectivity index (χ4v) is 3.23. The third-order valence-electron chi connectivity index (χ3n) is 5.08. The first kappa shape index (κ1) is 20.8. The van der Waals surface area contributed by atoms with E-state index in [9.17, 15) is 4.79 Å². The second kappa shape index (κ2) is 7.81. The predicted octanol–water partition coefficient (Wildman–Crippen LogP) is 3.63. The van der Waals surface area contributed by atoms with Crippen molar-refractivity contribution in [3.05, 3.63) is 41.9 Å². The molecular weight excluding hydrogens is 368 g/mol. The number of esters is 1. The van der Waals surface area contributed by atoms with Crippen LogP contribution < -0.4 is 10.5 Å². The Morgan fingerprint density at radius 3 is 2.45 bits per heavy atom. The highest BCUT2D eigenvalue weighted by atomic mass is 16.6. The molecule has 1 aliphatic carbocycles. The molecule has 0 amide bonds. The van der Waals surface area contributed by atoms with Gasteiger partial charge < -0.3 is 15.2 Å². The average Bonchev–Trinajstić information content (AvgIpc) is 2.59. The number of nitrogen functional groups attached to an aromatic ring is 1. The van der Waals surface area contributed by atoms with Gasteiger partial charge in [-0.2, -0.15) is 0 Å². The van der Waals surface area contributed by atoms with Gasteiger partial charge >= 0.3 is 5.97 Å². The van der Waals surface area contributed by atoms with Crippen LogP contribution in [0.5, 0.6) is 5.88 Å². The molecule has 1 aliphatic rings. The molecule has 2 aromatic rings. The third-order valence-corrected chi connectivity index (χ3v) is 5.08. The summed E-state index contributed by atoms with van der Waals surface area (Å²) >= 11 is 0. The Hall–Kier alpha value is -2.96. The van der Waals surface area contributed by atoms with Gasteiger partial charge in [-0.15, -0.1) is 0 Å². The van der Waals surface area contributed by atoms with E-state index in [0.717, 1.165) is 36.0 Å². The number of nitrogens with two attached hydrogens (primary N) is 1. The summed E-state index contributed by atoms with van der Waals surface area (Å²) < 4.78 is 11.5. The number of nitrogens with zero attached hydrogens (tertiary/aromatic N) is 2. The first-order valence-corrected chi connectivity index (χ1v) is 9.73. The van der Waals surface area contributed by atoms with Gasteiger partial charge in [0.2, 0.25) is 5.88 Å². The minimum atomic E-state index is -0.575. The van der Waals surface area contributed by atoms with Gasteiger partial charge in [-0.25, -0.2) is 4.98 Å². The van der Waals surface area contributed by atoms with Crippen LogP contribution in [0.4, 0.5) is 0 Å². The maximum Gasteiger partial charge on any atom is 0.316 e. The Labute approximate surface area is 171 Å². The zero-order valence-electron chi connectivity index (χ0n) is 17.4. The summed E-state index contributed by atoms with van der Waals surface area (Å²) in [4.78, 5) is 21.2. The monoisotopic (exact) mass is 396 g/mol. The number of rotatable bonds is 6. The van der Waals surface area contributed by atoms with Crippen molar-refractivity contribution < 1.29 is 14.3 Å². The van der Waals surface area contributed by atoms with E-state index in [1.54, 1.807) is 18.5 Å². The normalized spacial score (nSPS) is 15.3. The van der Waals surface area contributed by atoms with Gasteiger partial charge in [0, 0.05) is 29.6 Å². The highest BCUT2D eigenvalue weighted by Crippen LogP contribution is 2.43. The van der Waals surface area contributed by atoms with Crippen molar-refractivity contribution in [3.63, 3.8) is 0 Å². The molecule has 2 aromatic heterocycles. The van der Waals surface area contributed by atoms with E-state index in [1.165, 1.54) is 0 Å². The van der Waals surface area contributed by atoms with E-state index < -0.39 is 11.0 Å². The molecule has 3 N–H and O–H groups in total. The molecule has 7 nitrogen and oxygen atoms in total. The minimum absolute atomic E-state index is 0.0648. The Morgan fingerprint density at radius 2 is 1.97 bits per heavy atom. The predicted molar refractivity (Wildman–Crippen MR) is 111 cm³/mol. The lowest BCUT2D eigenvalue weighted by molar-refractivity contribution is -0.176. The molecule has 2 heterocycles. The van der Waals surface area contributed by atoms with Crippen molar-refractivity contribution in [2.45, 2.75) is 52.6 Å². The molecule has 1 saturated carbocycles. The summed E-state index contributed by atoms with van der Waals surface area (Å²) in [7, 11) is 0. The molecule has 7 heteroatoms. The summed E-state index contributed by atoms with van der Waals surface area (Å²) in [6.45, 7) is 7.86. The van der Waals surface area contributed by atoms with Crippen LogP contribution in [0.25, 0.3) is 11.1 Å². The molecule has 154 valence electrons. The van der Waals surface area contributed by atoms with Crippen LogP contribution >= 0.6 is 0 Å². The highest BCUT2D eigenvalue weighted by molar-refractivity contribution is 5.93. The summed E-state index contributed by atoms with van der Waals surface area (Å²) in [6, 6.07) is 5.43. The number of carbonyl (C=O) groups excluding carboxylic acids is 1. The van der Waals surface area contributed by atoms with Crippen LogP contribution in [-0.4, -0.2) is 34.0 Å². The summed E-state index contributed by atoms with van der Waals surface area (Å²) in [5.41, 5.74) is 7.59. The van der Waals surface area contributed by atoms with Gasteiger partial charge in [0.15, 0.2) is 0 Å². The van der Waals surface area contributed by atoms with Crippen molar-refractivity contribution in [1.82, 2.24) is 9.97 Å². The van der Waals surface area contributed by atoms with Crippen molar-refractivity contribution in [1.29, 1.82) is 5.41 Å². The molecule has 0 unspecified atom stereocenters. The molecule has 0 aromatic carbocycles. The van der Waals surface area contributed by atoms with Gasteiger partial charge in [0.1, 0.15) is 29.2 Å². The van der Waals surface area contributed by atoms with Gasteiger partial charge in [-0.05, 0) is 52.2 Å². The molecule has 29 heavy (non-hydrogen) atoms. The maximum absolute atomic E-state index is 12.6. The van der Waals surface area contributed by atoms with E-state index in [4.69, 9.17) is 20.6 Å². The van der Waals surface area contributed by atoms with Gasteiger partial charge in [-0.3, -0.25) is 15.2 Å². The molecule has 0 spiro atoms. The molecule has 0 radical (unpaired) electrons. The van der Waals surface area contributed by atoms with Crippen LogP contribution in [-0.2, 0) is 9.53 Å². The lowest BCUT2D eigenvalue weighted by Crippen LogP contribution is -2.46. The number of amidine groups is 1. The average molecular weight is 396 g/mol. The molecule has 3 rings (SSSR count). The van der Waals surface area contributed by atoms with Gasteiger partial charge in [0.05, 0.1) is 0 Å². The number of aromatic nitrogens is 2. The number of pyridine rings is 2. The maximum atomic E-state index is 12.6. The van der Waals surface area contributed by atoms with Crippen LogP contribution in [0.1, 0.15) is 51.3 Å². The van der Waals surface area contributed by atoms with E-state index in [0.29, 0.717) is 11.6 Å². The molecule has 0 bridgehead atoms. The SMILES string of the molecule is Cc1cc(OCC2(C(=O)OC(C)(C)C)CCC2)ncc1-c1ccc(C(=N)N)nc1. The summed E-state index contributed by atoms with van der Waals surface area (Å²) in [5, 5.41) is 7.43. The third kappa shape index (κ3) is 4.72. The van der Waals surface area contributed by atoms with Crippen molar-refractivity contribution in [2.24, 2.45) is 11.1 Å². The number of hydrogen-bond acceptors (Lipinski definition) is 6. The number of aryl methyl sites for hydroxylation is 1. The number of hydrogen-bond donors (Lipinski definition) is 2. The quantitative estimate of drug-likeness (QED) is 0.438. The molecule has 1 fully saturated rings. The topological polar surface area (TPSA) is 111 Å². The molecule has 0 aliphatic heterocycles. The summed E-state index contributed by atoms with van der Waals surface area (Å²) in [5.74, 6) is 0.223. The molecule has 0 saturated heterocycles. The fraction of sp³-hybridized carbons (Fsp3) is 0.455. The molecular formula is C22H28N4O3. The second-order valence-corrected chi connectivity index (χ2v) is 8.61. The smallest absolute Gasteiger partial charge is 0.316 e. The van der Waals surface area contributed by atoms with Crippen LogP contribution in [0, 0.1) is 17.7 Å². The Kier molecular flexibility index (Phi) is 5.59. The minimum Gasteiger partial charge on any atom is -0.476 e. The van der Waals surface area contributed by atoms with Crippen LogP contribution in [0.3, 0.4) is 0 Å². The van der Waals surface area contributed by atoms with Gasteiger partial charge in [0.25, 0.3) is 0 Å². The zero-order valence-corrected chi connectivity index (χ0v) is 17.4. The van der Waals surface area contributed by atoms with E-state index >= 15 is 0 Å². The summed E-state index contributed by atoms with van der Waals surface area (Å²) in [6.07, 6.45) is 5.95. The van der Waals surface area contributed by atoms with E-state index in [1.807, 2.05) is 39.8 Å². The first-order valence-electron chi connectivity index (χ1n) is 9.73. The highest BCUT2D eigenvalue weighted by Gasteiger charge is 2.47. The number of ether oxygens (including phenoxy) is 2.